The maximum Gasteiger partial charge on any atom is 0.171 e. The monoisotopic (exact) mass is 364 g/mol. The molecule has 0 amide bonds. The third-order valence-electron chi connectivity index (χ3n) is 5.11. The molecule has 0 spiro atoms. The fourth-order valence-electron chi connectivity index (χ4n) is 3.73. The second-order valence-corrected chi connectivity index (χ2v) is 7.27. The highest BCUT2D eigenvalue weighted by Crippen LogP contribution is 2.38. The molecular weight excluding hydrogens is 340 g/mol. The van der Waals surface area contributed by atoms with Gasteiger partial charge >= 0.3 is 0 Å². The highest BCUT2D eigenvalue weighted by molar-refractivity contribution is 7.80. The van der Waals surface area contributed by atoms with E-state index in [0.717, 1.165) is 38.0 Å². The van der Waals surface area contributed by atoms with Gasteiger partial charge in [-0.05, 0) is 60.3 Å². The number of fused-ring (bicyclic) bond motifs is 2. The van der Waals surface area contributed by atoms with Gasteiger partial charge in [0.25, 0.3) is 0 Å². The van der Waals surface area contributed by atoms with Crippen LogP contribution < -0.4 is 15.4 Å². The van der Waals surface area contributed by atoms with E-state index in [1.54, 1.807) is 0 Å². The molecule has 2 aliphatic rings. The van der Waals surface area contributed by atoms with Crippen molar-refractivity contribution in [3.05, 3.63) is 70.8 Å². The van der Waals surface area contributed by atoms with E-state index in [1.807, 2.05) is 0 Å². The first-order valence-corrected chi connectivity index (χ1v) is 9.78. The Hall–Kier alpha value is -2.33. The van der Waals surface area contributed by atoms with E-state index in [0.29, 0.717) is 5.11 Å². The summed E-state index contributed by atoms with van der Waals surface area (Å²) in [5.41, 5.74) is 6.47. The van der Waals surface area contributed by atoms with Crippen molar-refractivity contribution in [2.75, 3.05) is 6.61 Å². The Morgan fingerprint density at radius 1 is 1.08 bits per heavy atom. The minimum absolute atomic E-state index is 0.122. The Balaban J connectivity index is 1.63. The zero-order valence-corrected chi connectivity index (χ0v) is 15.9. The Labute approximate surface area is 160 Å². The molecule has 0 saturated heterocycles. The lowest BCUT2D eigenvalue weighted by molar-refractivity contribution is 0.309. The SMILES string of the molecule is CCCCOc1ccc(C2NC(=S)NC3=C2CCc2ccccc23)cc1. The molecule has 0 saturated carbocycles. The van der Waals surface area contributed by atoms with E-state index >= 15 is 0 Å². The van der Waals surface area contributed by atoms with Crippen LogP contribution in [0.2, 0.25) is 0 Å². The smallest absolute Gasteiger partial charge is 0.171 e. The molecule has 134 valence electrons. The van der Waals surface area contributed by atoms with Crippen LogP contribution in [0.4, 0.5) is 0 Å². The summed E-state index contributed by atoms with van der Waals surface area (Å²) in [5.74, 6) is 0.932. The van der Waals surface area contributed by atoms with Crippen LogP contribution in [0.15, 0.2) is 54.1 Å². The van der Waals surface area contributed by atoms with Gasteiger partial charge in [-0.15, -0.1) is 0 Å². The Morgan fingerprint density at radius 3 is 2.69 bits per heavy atom. The van der Waals surface area contributed by atoms with Crippen LogP contribution >= 0.6 is 12.2 Å². The molecule has 1 aliphatic carbocycles. The molecule has 0 radical (unpaired) electrons. The molecule has 1 unspecified atom stereocenters. The number of nitrogens with one attached hydrogen (secondary N) is 2. The van der Waals surface area contributed by atoms with Crippen molar-refractivity contribution in [2.24, 2.45) is 0 Å². The van der Waals surface area contributed by atoms with Crippen molar-refractivity contribution in [1.29, 1.82) is 0 Å². The Kier molecular flexibility index (Phi) is 4.93. The minimum atomic E-state index is 0.122. The molecule has 0 aromatic heterocycles. The first-order chi connectivity index (χ1) is 12.8. The summed E-state index contributed by atoms with van der Waals surface area (Å²) in [6, 6.07) is 17.2. The number of aryl methyl sites for hydroxylation is 1. The van der Waals surface area contributed by atoms with Gasteiger partial charge in [0.15, 0.2) is 5.11 Å². The van der Waals surface area contributed by atoms with Gasteiger partial charge < -0.3 is 15.4 Å². The number of benzene rings is 2. The van der Waals surface area contributed by atoms with Crippen LogP contribution in [0.3, 0.4) is 0 Å². The summed E-state index contributed by atoms with van der Waals surface area (Å²) in [4.78, 5) is 0. The van der Waals surface area contributed by atoms with Gasteiger partial charge in [0, 0.05) is 11.3 Å². The van der Waals surface area contributed by atoms with Crippen molar-refractivity contribution in [3.8, 4) is 5.75 Å². The van der Waals surface area contributed by atoms with Gasteiger partial charge in [0.05, 0.1) is 12.6 Å². The zero-order chi connectivity index (χ0) is 17.9. The van der Waals surface area contributed by atoms with Crippen LogP contribution in [-0.2, 0) is 6.42 Å². The molecule has 2 N–H and O–H groups in total. The van der Waals surface area contributed by atoms with Crippen LogP contribution in [0.25, 0.3) is 5.70 Å². The number of hydrogen-bond acceptors (Lipinski definition) is 2. The fourth-order valence-corrected chi connectivity index (χ4v) is 3.95. The van der Waals surface area contributed by atoms with Crippen molar-refractivity contribution in [3.63, 3.8) is 0 Å². The second kappa shape index (κ2) is 7.50. The van der Waals surface area contributed by atoms with Gasteiger partial charge in [0.1, 0.15) is 5.75 Å². The number of unbranched alkanes of at least 4 members (excludes halogenated alkanes) is 1. The lowest BCUT2D eigenvalue weighted by Gasteiger charge is -2.35. The maximum atomic E-state index is 5.79. The summed E-state index contributed by atoms with van der Waals surface area (Å²) >= 11 is 5.50. The van der Waals surface area contributed by atoms with Crippen LogP contribution in [0, 0.1) is 0 Å². The Morgan fingerprint density at radius 2 is 1.88 bits per heavy atom. The van der Waals surface area contributed by atoms with Crippen molar-refractivity contribution in [1.82, 2.24) is 10.6 Å². The lowest BCUT2D eigenvalue weighted by atomic mass is 9.83. The molecule has 0 bridgehead atoms. The van der Waals surface area contributed by atoms with E-state index in [9.17, 15) is 0 Å². The van der Waals surface area contributed by atoms with E-state index in [-0.39, 0.29) is 6.04 Å². The highest BCUT2D eigenvalue weighted by atomic mass is 32.1. The summed E-state index contributed by atoms with van der Waals surface area (Å²) in [7, 11) is 0. The van der Waals surface area contributed by atoms with E-state index in [1.165, 1.54) is 28.0 Å². The normalized spacial score (nSPS) is 18.5. The number of thiocarbonyl (C=S) groups is 1. The topological polar surface area (TPSA) is 33.3 Å². The summed E-state index contributed by atoms with van der Waals surface area (Å²) in [6.07, 6.45) is 4.34. The number of hydrogen-bond donors (Lipinski definition) is 2. The van der Waals surface area contributed by atoms with Gasteiger partial charge in [-0.25, -0.2) is 0 Å². The van der Waals surface area contributed by atoms with Gasteiger partial charge in [-0.1, -0.05) is 49.7 Å². The molecule has 3 nitrogen and oxygen atoms in total. The molecule has 1 atom stereocenters. The first kappa shape index (κ1) is 17.1. The molecule has 1 heterocycles. The number of ether oxygens (including phenoxy) is 1. The molecule has 4 heteroatoms. The Bertz CT molecular complexity index is 841. The standard InChI is InChI=1S/C22H24N2OS/c1-2-3-14-25-17-11-8-16(9-12-17)20-19-13-10-15-6-4-5-7-18(15)21(19)24-22(26)23-20/h4-9,11-12,20H,2-3,10,13-14H2,1H3,(H2,23,24,26). The zero-order valence-electron chi connectivity index (χ0n) is 15.0. The van der Waals surface area contributed by atoms with E-state index < -0.39 is 0 Å². The van der Waals surface area contributed by atoms with Crippen LogP contribution in [0.5, 0.6) is 5.75 Å². The highest BCUT2D eigenvalue weighted by Gasteiger charge is 2.30. The summed E-state index contributed by atoms with van der Waals surface area (Å²) in [6.45, 7) is 2.95. The first-order valence-electron chi connectivity index (χ1n) is 9.38. The van der Waals surface area contributed by atoms with Crippen LogP contribution in [0.1, 0.15) is 48.9 Å². The fraction of sp³-hybridized carbons (Fsp3) is 0.318. The summed E-state index contributed by atoms with van der Waals surface area (Å²) in [5, 5.41) is 7.54. The third-order valence-corrected chi connectivity index (χ3v) is 5.33. The molecule has 26 heavy (non-hydrogen) atoms. The largest absolute Gasteiger partial charge is 0.494 e. The average Bonchev–Trinajstić information content (AvgIpc) is 2.68. The van der Waals surface area contributed by atoms with Crippen molar-refractivity contribution in [2.45, 2.75) is 38.6 Å². The molecule has 2 aromatic carbocycles. The van der Waals surface area contributed by atoms with Crippen molar-refractivity contribution < 1.29 is 4.74 Å². The van der Waals surface area contributed by atoms with Gasteiger partial charge in [-0.2, -0.15) is 0 Å². The molecule has 4 rings (SSSR count). The van der Waals surface area contributed by atoms with Crippen molar-refractivity contribution >= 4 is 23.0 Å². The second-order valence-electron chi connectivity index (χ2n) is 6.86. The molecule has 0 fully saturated rings. The third kappa shape index (κ3) is 3.34. The molecular formula is C22H24N2OS. The lowest BCUT2D eigenvalue weighted by Crippen LogP contribution is -2.44. The summed E-state index contributed by atoms with van der Waals surface area (Å²) < 4.78 is 5.79. The van der Waals surface area contributed by atoms with E-state index in [4.69, 9.17) is 17.0 Å². The number of rotatable bonds is 5. The predicted molar refractivity (Wildman–Crippen MR) is 110 cm³/mol. The minimum Gasteiger partial charge on any atom is -0.494 e. The average molecular weight is 365 g/mol. The van der Waals surface area contributed by atoms with Crippen LogP contribution in [-0.4, -0.2) is 11.7 Å². The molecule has 1 aliphatic heterocycles. The predicted octanol–water partition coefficient (Wildman–Crippen LogP) is 4.74. The maximum absolute atomic E-state index is 5.79. The van der Waals surface area contributed by atoms with Gasteiger partial charge in [-0.3, -0.25) is 0 Å². The molecule has 2 aromatic rings. The quantitative estimate of drug-likeness (QED) is 0.593. The van der Waals surface area contributed by atoms with Gasteiger partial charge in [0.2, 0.25) is 0 Å². The van der Waals surface area contributed by atoms with E-state index in [2.05, 4.69) is 66.1 Å².